The number of hydrogen-bond donors (Lipinski definition) is 0. The zero-order valence-electron chi connectivity index (χ0n) is 18.5. The van der Waals surface area contributed by atoms with Gasteiger partial charge in [-0.05, 0) is 42.7 Å². The van der Waals surface area contributed by atoms with Crippen LogP contribution in [0, 0.1) is 6.92 Å². The Morgan fingerprint density at radius 3 is 2.33 bits per heavy atom. The second-order valence-corrected chi connectivity index (χ2v) is 15.2. The molecular weight excluding hydrogens is 426 g/mol. The topological polar surface area (TPSA) is 120 Å². The summed E-state index contributed by atoms with van der Waals surface area (Å²) in [6, 6.07) is 5.39. The van der Waals surface area contributed by atoms with Crippen LogP contribution in [-0.2, 0) is 28.2 Å². The Labute approximate surface area is 179 Å². The molecule has 2 rings (SSSR count). The second-order valence-electron chi connectivity index (χ2n) is 8.90. The summed E-state index contributed by atoms with van der Waals surface area (Å²) < 4.78 is 48.9. The van der Waals surface area contributed by atoms with Gasteiger partial charge in [0.2, 0.25) is 0 Å². The third-order valence-corrected chi connectivity index (χ3v) is 11.3. The molecule has 1 aliphatic rings. The lowest BCUT2D eigenvalue weighted by Gasteiger charge is -2.39. The number of methoxy groups -OCH3 is 1. The summed E-state index contributed by atoms with van der Waals surface area (Å²) in [4.78, 5) is 2.87. The van der Waals surface area contributed by atoms with Crippen molar-refractivity contribution in [3.63, 3.8) is 0 Å². The Balaban J connectivity index is 2.41. The maximum absolute atomic E-state index is 12.9. The number of azide groups is 1. The molecule has 4 atom stereocenters. The van der Waals surface area contributed by atoms with Crippen LogP contribution in [0.2, 0.25) is 18.1 Å². The van der Waals surface area contributed by atoms with Crippen molar-refractivity contribution in [1.82, 2.24) is 0 Å². The van der Waals surface area contributed by atoms with Gasteiger partial charge in [-0.25, -0.2) is 0 Å². The summed E-state index contributed by atoms with van der Waals surface area (Å²) in [6.45, 7) is 12.2. The predicted octanol–water partition coefficient (Wildman–Crippen LogP) is 4.14. The van der Waals surface area contributed by atoms with E-state index in [2.05, 4.69) is 30.8 Å². The third kappa shape index (κ3) is 5.61. The van der Waals surface area contributed by atoms with E-state index in [1.807, 2.05) is 20.0 Å². The minimum atomic E-state index is -4.14. The maximum atomic E-state index is 12.9. The van der Waals surface area contributed by atoms with Gasteiger partial charge >= 0.3 is 0 Å². The zero-order chi connectivity index (χ0) is 22.7. The molecule has 0 bridgehead atoms. The zero-order valence-corrected chi connectivity index (χ0v) is 20.3. The van der Waals surface area contributed by atoms with Gasteiger partial charge < -0.3 is 13.9 Å². The molecule has 0 radical (unpaired) electrons. The maximum Gasteiger partial charge on any atom is 0.297 e. The Kier molecular flexibility index (Phi) is 7.73. The number of rotatable bonds is 8. The summed E-state index contributed by atoms with van der Waals surface area (Å²) in [6.07, 6.45) is -2.85. The molecule has 0 saturated carbocycles. The van der Waals surface area contributed by atoms with Gasteiger partial charge in [-0.1, -0.05) is 43.6 Å². The molecule has 0 spiro atoms. The van der Waals surface area contributed by atoms with Crippen molar-refractivity contribution >= 4 is 18.4 Å². The standard InChI is InChI=1S/C19H31N3O6SSi/c1-13-8-10-14(11-9-13)29(23,24)27-17-16(21-22-20)15(12-25-5)26-18(17)28-30(6,7)19(2,3)4/h8-11,15-18H,12H2,1-7H3/t15-,16+,17-,18?/m1/s1. The highest BCUT2D eigenvalue weighted by Gasteiger charge is 2.51. The lowest BCUT2D eigenvalue weighted by molar-refractivity contribution is -0.120. The van der Waals surface area contributed by atoms with Gasteiger partial charge in [-0.3, -0.25) is 4.18 Å². The Bertz CT molecular complexity index is 879. The first-order chi connectivity index (χ1) is 13.8. The van der Waals surface area contributed by atoms with Crippen LogP contribution in [0.1, 0.15) is 26.3 Å². The molecule has 168 valence electrons. The van der Waals surface area contributed by atoms with Crippen molar-refractivity contribution in [3.8, 4) is 0 Å². The van der Waals surface area contributed by atoms with Crippen LogP contribution in [0.4, 0.5) is 0 Å². The van der Waals surface area contributed by atoms with Crippen molar-refractivity contribution in [2.24, 2.45) is 5.11 Å². The normalized spacial score (nSPS) is 25.2. The van der Waals surface area contributed by atoms with Crippen molar-refractivity contribution in [2.45, 2.75) is 75.3 Å². The molecule has 1 aromatic rings. The van der Waals surface area contributed by atoms with Gasteiger partial charge in [-0.15, -0.1) is 0 Å². The molecule has 0 N–H and O–H groups in total. The fraction of sp³-hybridized carbons (Fsp3) is 0.684. The minimum absolute atomic E-state index is 0.00838. The number of hydrogen-bond acceptors (Lipinski definition) is 7. The fourth-order valence-electron chi connectivity index (χ4n) is 2.78. The van der Waals surface area contributed by atoms with E-state index in [9.17, 15) is 8.42 Å². The van der Waals surface area contributed by atoms with Crippen LogP contribution in [0.3, 0.4) is 0 Å². The molecule has 1 unspecified atom stereocenters. The predicted molar refractivity (Wildman–Crippen MR) is 115 cm³/mol. The van der Waals surface area contributed by atoms with E-state index < -0.39 is 43.0 Å². The molecule has 1 aromatic carbocycles. The summed E-state index contributed by atoms with van der Waals surface area (Å²) in [7, 11) is -5.01. The SMILES string of the molecule is COC[C@H]1OC(O[Si](C)(C)C(C)(C)C)[C@H](OS(=O)(=O)c2ccc(C)cc2)[C@H]1N=[N+]=[N-]. The number of ether oxygens (including phenoxy) is 2. The highest BCUT2D eigenvalue weighted by atomic mass is 32.2. The molecule has 1 fully saturated rings. The van der Waals surface area contributed by atoms with Gasteiger partial charge in [0.05, 0.1) is 23.6 Å². The largest absolute Gasteiger partial charge is 0.390 e. The summed E-state index contributed by atoms with van der Waals surface area (Å²) in [5.41, 5.74) is 9.97. The van der Waals surface area contributed by atoms with E-state index in [1.165, 1.54) is 19.2 Å². The molecule has 0 aliphatic carbocycles. The van der Waals surface area contributed by atoms with Gasteiger partial charge in [0.1, 0.15) is 6.10 Å². The smallest absolute Gasteiger partial charge is 0.297 e. The number of nitrogens with zero attached hydrogens (tertiary/aromatic N) is 3. The van der Waals surface area contributed by atoms with Crippen LogP contribution in [0.15, 0.2) is 34.3 Å². The second kappa shape index (κ2) is 9.35. The van der Waals surface area contributed by atoms with E-state index in [4.69, 9.17) is 23.6 Å². The summed E-state index contributed by atoms with van der Waals surface area (Å²) in [5.74, 6) is 0. The van der Waals surface area contributed by atoms with E-state index in [1.54, 1.807) is 12.1 Å². The van der Waals surface area contributed by atoms with Crippen molar-refractivity contribution in [3.05, 3.63) is 40.3 Å². The first kappa shape index (κ1) is 24.8. The molecule has 1 heterocycles. The van der Waals surface area contributed by atoms with Gasteiger partial charge in [0, 0.05) is 12.0 Å². The van der Waals surface area contributed by atoms with E-state index in [0.717, 1.165) is 5.56 Å². The van der Waals surface area contributed by atoms with Crippen molar-refractivity contribution in [1.29, 1.82) is 0 Å². The third-order valence-electron chi connectivity index (χ3n) is 5.58. The van der Waals surface area contributed by atoms with Gasteiger partial charge in [0.15, 0.2) is 14.6 Å². The molecule has 0 amide bonds. The molecule has 1 saturated heterocycles. The highest BCUT2D eigenvalue weighted by molar-refractivity contribution is 7.86. The van der Waals surface area contributed by atoms with Crippen LogP contribution in [0.5, 0.6) is 0 Å². The van der Waals surface area contributed by atoms with Crippen LogP contribution < -0.4 is 0 Å². The van der Waals surface area contributed by atoms with Gasteiger partial charge in [0.25, 0.3) is 10.1 Å². The van der Waals surface area contributed by atoms with Crippen molar-refractivity contribution < 1.29 is 26.5 Å². The molecular formula is C19H31N3O6SSi. The van der Waals surface area contributed by atoms with E-state index in [-0.39, 0.29) is 16.5 Å². The monoisotopic (exact) mass is 457 g/mol. The molecule has 30 heavy (non-hydrogen) atoms. The van der Waals surface area contributed by atoms with Crippen LogP contribution in [0.25, 0.3) is 10.4 Å². The first-order valence-corrected chi connectivity index (χ1v) is 14.0. The average molecular weight is 458 g/mol. The minimum Gasteiger partial charge on any atom is -0.390 e. The molecule has 1 aliphatic heterocycles. The average Bonchev–Trinajstić information content (AvgIpc) is 2.91. The summed E-state index contributed by atoms with van der Waals surface area (Å²) in [5, 5.41) is 3.61. The van der Waals surface area contributed by atoms with Crippen LogP contribution in [-0.4, -0.2) is 55.0 Å². The highest BCUT2D eigenvalue weighted by Crippen LogP contribution is 2.40. The lowest BCUT2D eigenvalue weighted by atomic mass is 10.1. The molecule has 0 aromatic heterocycles. The Hall–Kier alpha value is -1.46. The number of benzene rings is 1. The Morgan fingerprint density at radius 2 is 1.83 bits per heavy atom. The molecule has 9 nitrogen and oxygen atoms in total. The van der Waals surface area contributed by atoms with Crippen LogP contribution >= 0.6 is 0 Å². The summed E-state index contributed by atoms with van der Waals surface area (Å²) >= 11 is 0. The first-order valence-electron chi connectivity index (χ1n) is 9.69. The number of aryl methyl sites for hydroxylation is 1. The van der Waals surface area contributed by atoms with Crippen molar-refractivity contribution in [2.75, 3.05) is 13.7 Å². The Morgan fingerprint density at radius 1 is 1.23 bits per heavy atom. The van der Waals surface area contributed by atoms with E-state index >= 15 is 0 Å². The van der Waals surface area contributed by atoms with Gasteiger partial charge in [-0.2, -0.15) is 8.42 Å². The molecule has 11 heteroatoms. The fourth-order valence-corrected chi connectivity index (χ4v) is 4.98. The lowest BCUT2D eigenvalue weighted by Crippen LogP contribution is -2.48. The quantitative estimate of drug-likeness (QED) is 0.190. The van der Waals surface area contributed by atoms with E-state index in [0.29, 0.717) is 0 Å².